The van der Waals surface area contributed by atoms with E-state index in [2.05, 4.69) is 31.2 Å². The molecule has 0 saturated heterocycles. The van der Waals surface area contributed by atoms with Crippen molar-refractivity contribution in [3.05, 3.63) is 35.9 Å². The Morgan fingerprint density at radius 3 is 2.62 bits per heavy atom. The van der Waals surface area contributed by atoms with E-state index < -0.39 is 5.41 Å². The average molecular weight is 287 g/mol. The van der Waals surface area contributed by atoms with Gasteiger partial charge in [-0.15, -0.1) is 0 Å². The highest BCUT2D eigenvalue weighted by Gasteiger charge is 2.62. The van der Waals surface area contributed by atoms with Crippen LogP contribution in [0.2, 0.25) is 0 Å². The molecular weight excluding hydrogens is 262 g/mol. The molecule has 1 aromatic rings. The van der Waals surface area contributed by atoms with E-state index in [0.717, 1.165) is 25.7 Å². The molecule has 0 heterocycles. The summed E-state index contributed by atoms with van der Waals surface area (Å²) in [4.78, 5) is 12.3. The molecule has 2 aliphatic carbocycles. The highest BCUT2D eigenvalue weighted by atomic mass is 16.5. The van der Waals surface area contributed by atoms with E-state index in [-0.39, 0.29) is 17.4 Å². The van der Waals surface area contributed by atoms with Gasteiger partial charge in [0.15, 0.2) is 0 Å². The minimum Gasteiger partial charge on any atom is -0.377 e. The van der Waals surface area contributed by atoms with Crippen molar-refractivity contribution in [2.75, 3.05) is 6.61 Å². The summed E-state index contributed by atoms with van der Waals surface area (Å²) in [7, 11) is 0. The molecule has 0 radical (unpaired) electrons. The summed E-state index contributed by atoms with van der Waals surface area (Å²) < 4.78 is 5.98. The Labute approximate surface area is 126 Å². The maximum Gasteiger partial charge on any atom is 0.226 e. The lowest BCUT2D eigenvalue weighted by Crippen LogP contribution is -2.47. The number of hydrogen-bond acceptors (Lipinski definition) is 2. The summed E-state index contributed by atoms with van der Waals surface area (Å²) >= 11 is 0. The molecule has 2 fully saturated rings. The predicted molar refractivity (Wildman–Crippen MR) is 82.8 cm³/mol. The normalized spacial score (nSPS) is 38.4. The van der Waals surface area contributed by atoms with Gasteiger partial charge in [-0.05, 0) is 49.5 Å². The van der Waals surface area contributed by atoms with E-state index in [9.17, 15) is 4.79 Å². The van der Waals surface area contributed by atoms with Crippen molar-refractivity contribution in [1.82, 2.24) is 0 Å². The van der Waals surface area contributed by atoms with Crippen molar-refractivity contribution in [1.29, 1.82) is 0 Å². The molecule has 3 heteroatoms. The first-order chi connectivity index (χ1) is 10.0. The molecule has 3 nitrogen and oxygen atoms in total. The SMILES string of the molecule is CCOC1CC2(c3ccccc3)CC(C)CC1(C(N)=O)C2. The first-order valence-electron chi connectivity index (χ1n) is 7.99. The molecule has 3 rings (SSSR count). The average Bonchev–Trinajstić information content (AvgIpc) is 2.70. The number of nitrogens with two attached hydrogens (primary N) is 1. The van der Waals surface area contributed by atoms with Gasteiger partial charge in [0, 0.05) is 6.61 Å². The summed E-state index contributed by atoms with van der Waals surface area (Å²) in [5.74, 6) is 0.321. The summed E-state index contributed by atoms with van der Waals surface area (Å²) in [6.07, 6.45) is 3.70. The van der Waals surface area contributed by atoms with Crippen molar-refractivity contribution < 1.29 is 9.53 Å². The van der Waals surface area contributed by atoms with Crippen LogP contribution >= 0.6 is 0 Å². The van der Waals surface area contributed by atoms with Gasteiger partial charge < -0.3 is 10.5 Å². The lowest BCUT2D eigenvalue weighted by molar-refractivity contribution is -0.138. The van der Waals surface area contributed by atoms with Gasteiger partial charge in [0.05, 0.1) is 11.5 Å². The molecule has 4 unspecified atom stereocenters. The third-order valence-electron chi connectivity index (χ3n) is 5.54. The number of fused-ring (bicyclic) bond motifs is 2. The van der Waals surface area contributed by atoms with E-state index in [4.69, 9.17) is 10.5 Å². The van der Waals surface area contributed by atoms with Crippen LogP contribution in [0.1, 0.15) is 45.1 Å². The Kier molecular flexibility index (Phi) is 3.56. The van der Waals surface area contributed by atoms with E-state index >= 15 is 0 Å². The van der Waals surface area contributed by atoms with Gasteiger partial charge in [0.2, 0.25) is 5.91 Å². The molecule has 2 N–H and O–H groups in total. The van der Waals surface area contributed by atoms with Crippen molar-refractivity contribution in [3.63, 3.8) is 0 Å². The first-order valence-corrected chi connectivity index (χ1v) is 7.99. The maximum atomic E-state index is 12.3. The zero-order chi connectivity index (χ0) is 15.1. The third kappa shape index (κ3) is 2.18. The maximum absolute atomic E-state index is 12.3. The minimum atomic E-state index is -0.483. The summed E-state index contributed by atoms with van der Waals surface area (Å²) in [5, 5.41) is 0. The second-order valence-electron chi connectivity index (χ2n) is 7.01. The fourth-order valence-electron chi connectivity index (χ4n) is 4.96. The number of hydrogen-bond donors (Lipinski definition) is 1. The van der Waals surface area contributed by atoms with Gasteiger partial charge in [0.25, 0.3) is 0 Å². The highest BCUT2D eigenvalue weighted by Crippen LogP contribution is 2.61. The van der Waals surface area contributed by atoms with Gasteiger partial charge in [0.1, 0.15) is 0 Å². The molecule has 2 saturated carbocycles. The van der Waals surface area contributed by atoms with Gasteiger partial charge in [-0.1, -0.05) is 37.3 Å². The molecule has 0 spiro atoms. The van der Waals surface area contributed by atoms with Crippen LogP contribution in [0.15, 0.2) is 30.3 Å². The Morgan fingerprint density at radius 2 is 2.00 bits per heavy atom. The highest BCUT2D eigenvalue weighted by molar-refractivity contribution is 5.82. The van der Waals surface area contributed by atoms with Gasteiger partial charge in [-0.3, -0.25) is 4.79 Å². The summed E-state index contributed by atoms with van der Waals surface area (Å²) in [5.41, 5.74) is 6.74. The zero-order valence-corrected chi connectivity index (χ0v) is 13.0. The predicted octanol–water partition coefficient (Wildman–Crippen LogP) is 3.02. The molecule has 21 heavy (non-hydrogen) atoms. The lowest BCUT2D eigenvalue weighted by atomic mass is 9.62. The number of ether oxygens (including phenoxy) is 1. The van der Waals surface area contributed by atoms with Gasteiger partial charge in [-0.25, -0.2) is 0 Å². The van der Waals surface area contributed by atoms with E-state index in [1.165, 1.54) is 5.56 Å². The summed E-state index contributed by atoms with van der Waals surface area (Å²) in [6, 6.07) is 10.6. The molecular formula is C18H25NO2. The van der Waals surface area contributed by atoms with E-state index in [0.29, 0.717) is 12.5 Å². The third-order valence-corrected chi connectivity index (χ3v) is 5.54. The number of carbonyl (C=O) groups is 1. The Morgan fingerprint density at radius 1 is 1.29 bits per heavy atom. The van der Waals surface area contributed by atoms with Crippen LogP contribution in [0.25, 0.3) is 0 Å². The lowest BCUT2D eigenvalue weighted by Gasteiger charge is -2.42. The molecule has 1 amide bonds. The summed E-state index contributed by atoms with van der Waals surface area (Å²) in [6.45, 7) is 4.87. The van der Waals surface area contributed by atoms with Crippen LogP contribution in [-0.2, 0) is 14.9 Å². The zero-order valence-electron chi connectivity index (χ0n) is 13.0. The molecule has 0 aliphatic heterocycles. The van der Waals surface area contributed by atoms with Crippen molar-refractivity contribution in [2.45, 2.75) is 51.0 Å². The molecule has 4 atom stereocenters. The second kappa shape index (κ2) is 5.13. The second-order valence-corrected chi connectivity index (χ2v) is 7.01. The first kappa shape index (κ1) is 14.6. The van der Waals surface area contributed by atoms with Crippen molar-refractivity contribution in [3.8, 4) is 0 Å². The van der Waals surface area contributed by atoms with Crippen molar-refractivity contribution >= 4 is 5.91 Å². The quantitative estimate of drug-likeness (QED) is 0.925. The number of amides is 1. The standard InChI is InChI=1S/C18H25NO2/c1-3-21-15-11-17(14-7-5-4-6-8-14)9-13(2)10-18(15,12-17)16(19)20/h4-8,13,15H,3,9-12H2,1-2H3,(H2,19,20). The molecule has 1 aromatic carbocycles. The molecule has 114 valence electrons. The van der Waals surface area contributed by atoms with Crippen LogP contribution in [-0.4, -0.2) is 18.6 Å². The van der Waals surface area contributed by atoms with Gasteiger partial charge in [-0.2, -0.15) is 0 Å². The van der Waals surface area contributed by atoms with E-state index in [1.54, 1.807) is 0 Å². The molecule has 2 aliphatic rings. The number of benzene rings is 1. The Balaban J connectivity index is 2.05. The van der Waals surface area contributed by atoms with Gasteiger partial charge >= 0.3 is 0 Å². The fourth-order valence-corrected chi connectivity index (χ4v) is 4.96. The molecule has 0 aromatic heterocycles. The van der Waals surface area contributed by atoms with Crippen LogP contribution in [0.5, 0.6) is 0 Å². The Hall–Kier alpha value is -1.35. The fraction of sp³-hybridized carbons (Fsp3) is 0.611. The largest absolute Gasteiger partial charge is 0.377 e. The Bertz CT molecular complexity index is 529. The van der Waals surface area contributed by atoms with E-state index in [1.807, 2.05) is 13.0 Å². The monoisotopic (exact) mass is 287 g/mol. The number of primary amides is 1. The van der Waals surface area contributed by atoms with Crippen LogP contribution < -0.4 is 5.73 Å². The smallest absolute Gasteiger partial charge is 0.226 e. The number of carbonyl (C=O) groups excluding carboxylic acids is 1. The minimum absolute atomic E-state index is 0.0369. The van der Waals surface area contributed by atoms with Crippen LogP contribution in [0.3, 0.4) is 0 Å². The van der Waals surface area contributed by atoms with Crippen LogP contribution in [0, 0.1) is 11.3 Å². The topological polar surface area (TPSA) is 52.3 Å². The van der Waals surface area contributed by atoms with Crippen LogP contribution in [0.4, 0.5) is 0 Å². The molecule has 2 bridgehead atoms. The number of rotatable bonds is 4. The van der Waals surface area contributed by atoms with Crippen molar-refractivity contribution in [2.24, 2.45) is 17.1 Å².